The lowest BCUT2D eigenvalue weighted by atomic mass is 9.98. The van der Waals surface area contributed by atoms with Crippen molar-refractivity contribution in [1.82, 2.24) is 9.88 Å². The second-order valence-corrected chi connectivity index (χ2v) is 7.13. The van der Waals surface area contributed by atoms with E-state index >= 15 is 0 Å². The number of carbonyl (C=O) groups is 1. The predicted octanol–water partition coefficient (Wildman–Crippen LogP) is 3.90. The van der Waals surface area contributed by atoms with Crippen molar-refractivity contribution in [2.24, 2.45) is 0 Å². The maximum atomic E-state index is 12.1. The summed E-state index contributed by atoms with van der Waals surface area (Å²) in [6.45, 7) is 2.27. The molecule has 1 atom stereocenters. The number of hydrogen-bond acceptors (Lipinski definition) is 3. The summed E-state index contributed by atoms with van der Waals surface area (Å²) in [5.74, 6) is 0.545. The van der Waals surface area contributed by atoms with Crippen molar-refractivity contribution < 1.29 is 4.79 Å². The van der Waals surface area contributed by atoms with Gasteiger partial charge in [-0.3, -0.25) is 4.79 Å². The number of aromatic nitrogens is 1. The highest BCUT2D eigenvalue weighted by atomic mass is 32.1. The lowest BCUT2D eigenvalue weighted by molar-refractivity contribution is 0.103. The molecule has 2 aromatic heterocycles. The summed E-state index contributed by atoms with van der Waals surface area (Å²) in [7, 11) is 2.17. The van der Waals surface area contributed by atoms with Crippen LogP contribution in [0, 0.1) is 0 Å². The maximum Gasteiger partial charge on any atom is 0.265 e. The van der Waals surface area contributed by atoms with Crippen molar-refractivity contribution in [1.29, 1.82) is 0 Å². The Hall–Kier alpha value is -2.11. The Labute approximate surface area is 139 Å². The molecule has 1 aliphatic rings. The molecule has 5 heteroatoms. The Balaban J connectivity index is 1.58. The van der Waals surface area contributed by atoms with E-state index in [4.69, 9.17) is 0 Å². The number of anilines is 1. The zero-order valence-electron chi connectivity index (χ0n) is 13.0. The first kappa shape index (κ1) is 14.5. The largest absolute Gasteiger partial charge is 0.361 e. The van der Waals surface area contributed by atoms with Crippen molar-refractivity contribution in [3.05, 3.63) is 52.3 Å². The fourth-order valence-corrected chi connectivity index (χ4v) is 3.97. The standard InChI is InChI=1S/C18H19N3OS/c1-21-7-6-12(11-21)15-10-19-16-9-13(4-5-14(15)16)20-18(22)17-3-2-8-23-17/h2-5,8-10,12,19H,6-7,11H2,1H3,(H,20,22). The van der Waals surface area contributed by atoms with Crippen LogP contribution in [0.5, 0.6) is 0 Å². The van der Waals surface area contributed by atoms with E-state index in [1.807, 2.05) is 29.6 Å². The number of hydrogen-bond donors (Lipinski definition) is 2. The summed E-state index contributed by atoms with van der Waals surface area (Å²) >= 11 is 1.45. The molecule has 3 heterocycles. The highest BCUT2D eigenvalue weighted by molar-refractivity contribution is 7.12. The molecule has 4 rings (SSSR count). The fraction of sp³-hybridized carbons (Fsp3) is 0.278. The van der Waals surface area contributed by atoms with Crippen LogP contribution in [0.4, 0.5) is 5.69 Å². The highest BCUT2D eigenvalue weighted by Crippen LogP contribution is 2.33. The molecule has 0 bridgehead atoms. The smallest absolute Gasteiger partial charge is 0.265 e. The Morgan fingerprint density at radius 1 is 1.39 bits per heavy atom. The first-order chi connectivity index (χ1) is 11.2. The van der Waals surface area contributed by atoms with Crippen LogP contribution >= 0.6 is 11.3 Å². The van der Waals surface area contributed by atoms with Gasteiger partial charge in [0.1, 0.15) is 0 Å². The van der Waals surface area contributed by atoms with Gasteiger partial charge < -0.3 is 15.2 Å². The molecule has 0 spiro atoms. The summed E-state index contributed by atoms with van der Waals surface area (Å²) in [4.78, 5) is 18.6. The minimum atomic E-state index is -0.0523. The second kappa shape index (κ2) is 5.83. The van der Waals surface area contributed by atoms with E-state index < -0.39 is 0 Å². The Morgan fingerprint density at radius 3 is 3.04 bits per heavy atom. The Kier molecular flexibility index (Phi) is 3.67. The van der Waals surface area contributed by atoms with Gasteiger partial charge in [-0.25, -0.2) is 0 Å². The van der Waals surface area contributed by atoms with Gasteiger partial charge in [0.2, 0.25) is 0 Å². The molecule has 1 fully saturated rings. The third kappa shape index (κ3) is 2.78. The van der Waals surface area contributed by atoms with Gasteiger partial charge in [-0.15, -0.1) is 11.3 Å². The predicted molar refractivity (Wildman–Crippen MR) is 95.4 cm³/mol. The number of carbonyl (C=O) groups excluding carboxylic acids is 1. The molecule has 1 amide bonds. The van der Waals surface area contributed by atoms with Gasteiger partial charge in [0, 0.05) is 29.3 Å². The van der Waals surface area contributed by atoms with Gasteiger partial charge in [0.05, 0.1) is 4.88 Å². The lowest BCUT2D eigenvalue weighted by Gasteiger charge is -2.10. The van der Waals surface area contributed by atoms with Gasteiger partial charge in [0.15, 0.2) is 0 Å². The number of likely N-dealkylation sites (tertiary alicyclic amines) is 1. The van der Waals surface area contributed by atoms with Gasteiger partial charge >= 0.3 is 0 Å². The van der Waals surface area contributed by atoms with Crippen molar-refractivity contribution in [3.63, 3.8) is 0 Å². The first-order valence-electron chi connectivity index (χ1n) is 7.85. The molecule has 1 aliphatic heterocycles. The van der Waals surface area contributed by atoms with Gasteiger partial charge in [-0.2, -0.15) is 0 Å². The number of aromatic amines is 1. The number of thiophene rings is 1. The van der Waals surface area contributed by atoms with Crippen LogP contribution in [-0.2, 0) is 0 Å². The normalized spacial score (nSPS) is 18.6. The van der Waals surface area contributed by atoms with Gasteiger partial charge in [-0.1, -0.05) is 12.1 Å². The molecule has 23 heavy (non-hydrogen) atoms. The number of likely N-dealkylation sites (N-methyl/N-ethyl adjacent to an activating group) is 1. The quantitative estimate of drug-likeness (QED) is 0.767. The lowest BCUT2D eigenvalue weighted by Crippen LogP contribution is -2.13. The molecular weight excluding hydrogens is 306 g/mol. The number of nitrogens with one attached hydrogen (secondary N) is 2. The first-order valence-corrected chi connectivity index (χ1v) is 8.73. The Morgan fingerprint density at radius 2 is 2.30 bits per heavy atom. The molecule has 3 aromatic rings. The van der Waals surface area contributed by atoms with Crippen LogP contribution in [0.3, 0.4) is 0 Å². The number of rotatable bonds is 3. The zero-order chi connectivity index (χ0) is 15.8. The summed E-state index contributed by atoms with van der Waals surface area (Å²) in [6, 6.07) is 9.84. The van der Waals surface area contributed by atoms with Crippen molar-refractivity contribution in [2.75, 3.05) is 25.5 Å². The molecule has 118 valence electrons. The van der Waals surface area contributed by atoms with E-state index in [0.29, 0.717) is 5.92 Å². The van der Waals surface area contributed by atoms with Gasteiger partial charge in [-0.05, 0) is 55.1 Å². The summed E-state index contributed by atoms with van der Waals surface area (Å²) < 4.78 is 0. The molecule has 0 saturated carbocycles. The monoisotopic (exact) mass is 325 g/mol. The topological polar surface area (TPSA) is 48.1 Å². The van der Waals surface area contributed by atoms with Crippen molar-refractivity contribution in [2.45, 2.75) is 12.3 Å². The zero-order valence-corrected chi connectivity index (χ0v) is 13.8. The third-order valence-electron chi connectivity index (χ3n) is 4.55. The number of H-pyrrole nitrogens is 1. The number of amides is 1. The van der Waals surface area contributed by atoms with E-state index in [-0.39, 0.29) is 5.91 Å². The molecule has 1 saturated heterocycles. The van der Waals surface area contributed by atoms with Crippen molar-refractivity contribution in [3.8, 4) is 0 Å². The van der Waals surface area contributed by atoms with E-state index in [1.165, 1.54) is 28.7 Å². The molecule has 2 N–H and O–H groups in total. The molecule has 4 nitrogen and oxygen atoms in total. The van der Waals surface area contributed by atoms with Crippen molar-refractivity contribution >= 4 is 33.8 Å². The van der Waals surface area contributed by atoms with E-state index in [1.54, 1.807) is 0 Å². The SMILES string of the molecule is CN1CCC(c2c[nH]c3cc(NC(=O)c4cccs4)ccc23)C1. The van der Waals surface area contributed by atoms with Crippen LogP contribution in [0.25, 0.3) is 10.9 Å². The average Bonchev–Trinajstić information content (AvgIpc) is 3.26. The van der Waals surface area contributed by atoms with E-state index in [0.717, 1.165) is 29.2 Å². The molecule has 1 aromatic carbocycles. The minimum absolute atomic E-state index is 0.0523. The number of benzene rings is 1. The summed E-state index contributed by atoms with van der Waals surface area (Å²) in [6.07, 6.45) is 3.33. The fourth-order valence-electron chi connectivity index (χ4n) is 3.35. The van der Waals surface area contributed by atoms with Crippen LogP contribution in [0.1, 0.15) is 27.6 Å². The maximum absolute atomic E-state index is 12.1. The Bertz CT molecular complexity index is 837. The number of fused-ring (bicyclic) bond motifs is 1. The molecule has 0 aliphatic carbocycles. The molecule has 1 unspecified atom stereocenters. The molecular formula is C18H19N3OS. The van der Waals surface area contributed by atoms with Crippen LogP contribution in [-0.4, -0.2) is 35.9 Å². The summed E-state index contributed by atoms with van der Waals surface area (Å²) in [5, 5.41) is 6.14. The van der Waals surface area contributed by atoms with Gasteiger partial charge in [0.25, 0.3) is 5.91 Å². The average molecular weight is 325 g/mol. The van der Waals surface area contributed by atoms with Crippen LogP contribution < -0.4 is 5.32 Å². The van der Waals surface area contributed by atoms with Crippen LogP contribution in [0.2, 0.25) is 0 Å². The number of nitrogens with zero attached hydrogens (tertiary/aromatic N) is 1. The molecule has 0 radical (unpaired) electrons. The minimum Gasteiger partial charge on any atom is -0.361 e. The summed E-state index contributed by atoms with van der Waals surface area (Å²) in [5.41, 5.74) is 3.30. The third-order valence-corrected chi connectivity index (χ3v) is 5.42. The van der Waals surface area contributed by atoms with Crippen LogP contribution in [0.15, 0.2) is 41.9 Å². The van der Waals surface area contributed by atoms with E-state index in [2.05, 4.69) is 34.5 Å². The van der Waals surface area contributed by atoms with E-state index in [9.17, 15) is 4.79 Å². The highest BCUT2D eigenvalue weighted by Gasteiger charge is 2.23. The second-order valence-electron chi connectivity index (χ2n) is 6.18.